The molecule has 0 spiro atoms. The van der Waals surface area contributed by atoms with E-state index in [9.17, 15) is 18.0 Å². The maximum absolute atomic E-state index is 12.5. The molecule has 1 atom stereocenters. The third kappa shape index (κ3) is 5.64. The number of ether oxygens (including phenoxy) is 1. The van der Waals surface area contributed by atoms with Crippen LogP contribution in [0.5, 0.6) is 0 Å². The monoisotopic (exact) mass is 458 g/mol. The number of benzene rings is 2. The molecule has 11 heteroatoms. The lowest BCUT2D eigenvalue weighted by Crippen LogP contribution is -2.32. The highest BCUT2D eigenvalue weighted by Crippen LogP contribution is 2.19. The fourth-order valence-electron chi connectivity index (χ4n) is 2.74. The lowest BCUT2D eigenvalue weighted by molar-refractivity contribution is -0.124. The van der Waals surface area contributed by atoms with Crippen LogP contribution in [0.2, 0.25) is 0 Å². The molecule has 1 aromatic heterocycles. The van der Waals surface area contributed by atoms with E-state index in [4.69, 9.17) is 15.0 Å². The molecule has 0 bridgehead atoms. The zero-order valence-electron chi connectivity index (χ0n) is 17.4. The molecule has 1 heterocycles. The summed E-state index contributed by atoms with van der Waals surface area (Å²) >= 11 is 0. The van der Waals surface area contributed by atoms with E-state index < -0.39 is 28.0 Å². The number of nitrogens with one attached hydrogen (secondary N) is 2. The van der Waals surface area contributed by atoms with Gasteiger partial charge in [-0.15, -0.1) is 0 Å². The Morgan fingerprint density at radius 3 is 2.47 bits per heavy atom. The highest BCUT2D eigenvalue weighted by Gasteiger charge is 2.23. The number of carbonyl (C=O) groups is 2. The zero-order chi connectivity index (χ0) is 23.3. The van der Waals surface area contributed by atoms with Crippen molar-refractivity contribution in [2.24, 2.45) is 0 Å². The Kier molecular flexibility index (Phi) is 6.79. The lowest BCUT2D eigenvalue weighted by atomic mass is 10.2. The molecule has 0 aliphatic rings. The molecule has 0 aliphatic carbocycles. The second kappa shape index (κ2) is 9.52. The number of aromatic nitrogens is 1. The highest BCUT2D eigenvalue weighted by atomic mass is 32.2. The normalized spacial score (nSPS) is 12.1. The van der Waals surface area contributed by atoms with Crippen molar-refractivity contribution < 1.29 is 27.3 Å². The van der Waals surface area contributed by atoms with Gasteiger partial charge in [0.25, 0.3) is 15.9 Å². The molecule has 32 heavy (non-hydrogen) atoms. The van der Waals surface area contributed by atoms with Crippen LogP contribution in [0.25, 0.3) is 0 Å². The molecular weight excluding hydrogens is 436 g/mol. The second-order valence-corrected chi connectivity index (χ2v) is 8.55. The highest BCUT2D eigenvalue weighted by molar-refractivity contribution is 7.92. The van der Waals surface area contributed by atoms with Crippen molar-refractivity contribution in [3.63, 3.8) is 0 Å². The van der Waals surface area contributed by atoms with Crippen molar-refractivity contribution in [3.8, 4) is 0 Å². The quantitative estimate of drug-likeness (QED) is 0.344. The number of anilines is 3. The number of carbonyl (C=O) groups excluding carboxylic acids is 2. The van der Waals surface area contributed by atoms with Crippen LogP contribution in [0.4, 0.5) is 17.2 Å². The number of hydrogen-bond donors (Lipinski definition) is 3. The lowest BCUT2D eigenvalue weighted by Gasteiger charge is -2.16. The Labute approximate surface area is 184 Å². The van der Waals surface area contributed by atoms with Gasteiger partial charge in [0.15, 0.2) is 11.9 Å². The standard InChI is InChI=1S/C21H22N4O6S/c1-3-18(30-21(27)14-5-4-6-15(22)12-14)20(26)23-16-7-9-17(10-8-16)32(28,29)25-19-11-13(2)31-24-19/h4-12,18H,3,22H2,1-2H3,(H,23,26)(H,24,25). The topological polar surface area (TPSA) is 154 Å². The average molecular weight is 458 g/mol. The SMILES string of the molecule is CCC(OC(=O)c1cccc(N)c1)C(=O)Nc1ccc(S(=O)(=O)Nc2cc(C)on2)cc1. The largest absolute Gasteiger partial charge is 0.449 e. The van der Waals surface area contributed by atoms with E-state index in [0.29, 0.717) is 17.1 Å². The Hall–Kier alpha value is -3.86. The first kappa shape index (κ1) is 22.8. The van der Waals surface area contributed by atoms with Crippen LogP contribution < -0.4 is 15.8 Å². The van der Waals surface area contributed by atoms with Gasteiger partial charge in [-0.25, -0.2) is 13.2 Å². The summed E-state index contributed by atoms with van der Waals surface area (Å²) in [5.41, 5.74) is 6.64. The van der Waals surface area contributed by atoms with Gasteiger partial charge in [0, 0.05) is 17.4 Å². The maximum Gasteiger partial charge on any atom is 0.338 e. The van der Waals surface area contributed by atoms with Crippen LogP contribution in [0.15, 0.2) is 64.0 Å². The first-order valence-corrected chi connectivity index (χ1v) is 11.1. The molecule has 0 fully saturated rings. The molecule has 0 aliphatic heterocycles. The first-order valence-electron chi connectivity index (χ1n) is 9.61. The number of rotatable bonds is 8. The van der Waals surface area contributed by atoms with Gasteiger partial charge in [0.1, 0.15) is 5.76 Å². The number of hydrogen-bond acceptors (Lipinski definition) is 8. The number of nitrogens with zero attached hydrogens (tertiary/aromatic N) is 1. The molecular formula is C21H22N4O6S. The van der Waals surface area contributed by atoms with Crippen LogP contribution in [0.1, 0.15) is 29.5 Å². The van der Waals surface area contributed by atoms with Crippen molar-refractivity contribution >= 4 is 39.1 Å². The van der Waals surface area contributed by atoms with Crippen molar-refractivity contribution in [3.05, 3.63) is 65.9 Å². The first-order chi connectivity index (χ1) is 15.2. The van der Waals surface area contributed by atoms with Gasteiger partial charge >= 0.3 is 5.97 Å². The molecule has 1 amide bonds. The molecule has 168 valence electrons. The zero-order valence-corrected chi connectivity index (χ0v) is 18.2. The Morgan fingerprint density at radius 2 is 1.88 bits per heavy atom. The summed E-state index contributed by atoms with van der Waals surface area (Å²) in [5, 5.41) is 6.20. The van der Waals surface area contributed by atoms with Gasteiger partial charge in [0.2, 0.25) is 0 Å². The number of esters is 1. The summed E-state index contributed by atoms with van der Waals surface area (Å²) in [4.78, 5) is 24.8. The van der Waals surface area contributed by atoms with Crippen LogP contribution >= 0.6 is 0 Å². The number of sulfonamides is 1. The van der Waals surface area contributed by atoms with Crippen LogP contribution in [-0.4, -0.2) is 31.6 Å². The van der Waals surface area contributed by atoms with E-state index in [1.54, 1.807) is 26.0 Å². The Morgan fingerprint density at radius 1 is 1.16 bits per heavy atom. The number of aryl methyl sites for hydroxylation is 1. The van der Waals surface area contributed by atoms with E-state index in [-0.39, 0.29) is 22.7 Å². The van der Waals surface area contributed by atoms with Crippen molar-refractivity contribution in [1.82, 2.24) is 5.16 Å². The summed E-state index contributed by atoms with van der Waals surface area (Å²) in [7, 11) is -3.88. The van der Waals surface area contributed by atoms with Gasteiger partial charge in [-0.05, 0) is 55.8 Å². The molecule has 0 radical (unpaired) electrons. The molecule has 3 aromatic rings. The fraction of sp³-hybridized carbons (Fsp3) is 0.190. The number of nitrogens with two attached hydrogens (primary N) is 1. The van der Waals surface area contributed by atoms with Crippen LogP contribution in [0.3, 0.4) is 0 Å². The van der Waals surface area contributed by atoms with Gasteiger partial charge in [0.05, 0.1) is 10.5 Å². The Bertz CT molecular complexity index is 1220. The third-order valence-electron chi connectivity index (χ3n) is 4.33. The predicted octanol–water partition coefficient (Wildman–Crippen LogP) is 2.94. The van der Waals surface area contributed by atoms with Crippen LogP contribution in [-0.2, 0) is 19.6 Å². The minimum absolute atomic E-state index is 0.0312. The summed E-state index contributed by atoms with van der Waals surface area (Å²) in [6, 6.07) is 13.2. The summed E-state index contributed by atoms with van der Waals surface area (Å²) < 4.78 is 37.3. The number of nitrogen functional groups attached to an aromatic ring is 1. The van der Waals surface area contributed by atoms with E-state index in [0.717, 1.165) is 0 Å². The van der Waals surface area contributed by atoms with E-state index in [1.807, 2.05) is 0 Å². The molecule has 2 aromatic carbocycles. The van der Waals surface area contributed by atoms with Gasteiger partial charge in [-0.2, -0.15) is 0 Å². The van der Waals surface area contributed by atoms with E-state index in [2.05, 4.69) is 15.2 Å². The van der Waals surface area contributed by atoms with Gasteiger partial charge in [-0.3, -0.25) is 9.52 Å². The predicted molar refractivity (Wildman–Crippen MR) is 117 cm³/mol. The minimum Gasteiger partial charge on any atom is -0.449 e. The summed E-state index contributed by atoms with van der Waals surface area (Å²) in [6.07, 6.45) is -0.794. The second-order valence-electron chi connectivity index (χ2n) is 6.87. The molecule has 10 nitrogen and oxygen atoms in total. The van der Waals surface area contributed by atoms with Gasteiger partial charge < -0.3 is 20.3 Å². The fourth-order valence-corrected chi connectivity index (χ4v) is 3.72. The summed E-state index contributed by atoms with van der Waals surface area (Å²) in [5.74, 6) is -0.693. The molecule has 4 N–H and O–H groups in total. The summed E-state index contributed by atoms with van der Waals surface area (Å²) in [6.45, 7) is 3.34. The molecule has 1 unspecified atom stereocenters. The van der Waals surface area contributed by atoms with Crippen LogP contribution in [0, 0.1) is 6.92 Å². The van der Waals surface area contributed by atoms with Crippen molar-refractivity contribution in [2.45, 2.75) is 31.3 Å². The third-order valence-corrected chi connectivity index (χ3v) is 5.70. The smallest absolute Gasteiger partial charge is 0.338 e. The molecule has 0 saturated heterocycles. The Balaban J connectivity index is 1.64. The van der Waals surface area contributed by atoms with E-state index in [1.165, 1.54) is 42.5 Å². The van der Waals surface area contributed by atoms with Crippen molar-refractivity contribution in [2.75, 3.05) is 15.8 Å². The number of amides is 1. The minimum atomic E-state index is -3.88. The van der Waals surface area contributed by atoms with Crippen molar-refractivity contribution in [1.29, 1.82) is 0 Å². The van der Waals surface area contributed by atoms with Gasteiger partial charge in [-0.1, -0.05) is 18.1 Å². The average Bonchev–Trinajstić information content (AvgIpc) is 3.15. The maximum atomic E-state index is 12.5. The van der Waals surface area contributed by atoms with E-state index >= 15 is 0 Å². The molecule has 3 rings (SSSR count). The molecule has 0 saturated carbocycles.